The summed E-state index contributed by atoms with van der Waals surface area (Å²) in [4.78, 5) is 14.4. The first kappa shape index (κ1) is 25.0. The number of nitrogens with zero attached hydrogens (tertiary/aromatic N) is 2. The number of carbonyl (C=O) groups is 1. The fraction of sp³-hybridized carbons (Fsp3) is 0.682. The molecule has 1 aromatic carbocycles. The minimum Gasteiger partial charge on any atom is -0.341 e. The number of likely N-dealkylation sites (N-methyl/N-ethyl adjacent to an activating group) is 2. The molecule has 1 saturated heterocycles. The number of alkyl halides is 3. The molecule has 0 radical (unpaired) electrons. The molecule has 1 saturated carbocycles. The van der Waals surface area contributed by atoms with E-state index in [4.69, 9.17) is 0 Å². The first-order chi connectivity index (χ1) is 14.9. The molecule has 0 bridgehead atoms. The molecule has 180 valence electrons. The summed E-state index contributed by atoms with van der Waals surface area (Å²) in [6.07, 6.45) is -2.32. The van der Waals surface area contributed by atoms with Crippen LogP contribution in [0.1, 0.15) is 38.7 Å². The van der Waals surface area contributed by atoms with Crippen molar-refractivity contribution in [1.29, 1.82) is 0 Å². The molecule has 0 spiro atoms. The third-order valence-corrected chi connectivity index (χ3v) is 8.61. The monoisotopic (exact) mass is 475 g/mol. The van der Waals surface area contributed by atoms with Gasteiger partial charge in [-0.15, -0.1) is 0 Å². The number of nitrogens with one attached hydrogen (secondary N) is 1. The van der Waals surface area contributed by atoms with Gasteiger partial charge in [-0.2, -0.15) is 17.5 Å². The lowest BCUT2D eigenvalue weighted by molar-refractivity contribution is -0.138. The van der Waals surface area contributed by atoms with Crippen LogP contribution in [0.4, 0.5) is 13.2 Å². The van der Waals surface area contributed by atoms with Crippen LogP contribution in [-0.2, 0) is 21.0 Å². The normalized spacial score (nSPS) is 25.2. The van der Waals surface area contributed by atoms with Crippen LogP contribution >= 0.6 is 0 Å². The minimum absolute atomic E-state index is 0.00830. The first-order valence-corrected chi connectivity index (χ1v) is 12.4. The zero-order valence-corrected chi connectivity index (χ0v) is 19.7. The molecule has 1 aromatic rings. The van der Waals surface area contributed by atoms with E-state index in [-0.39, 0.29) is 47.8 Å². The van der Waals surface area contributed by atoms with Gasteiger partial charge in [-0.1, -0.05) is 19.9 Å². The van der Waals surface area contributed by atoms with Gasteiger partial charge in [-0.05, 0) is 62.3 Å². The smallest absolute Gasteiger partial charge is 0.341 e. The number of sulfonamides is 1. The van der Waals surface area contributed by atoms with Gasteiger partial charge in [0.15, 0.2) is 0 Å². The average Bonchev–Trinajstić information content (AvgIpc) is 3.31. The van der Waals surface area contributed by atoms with Crippen molar-refractivity contribution in [3.63, 3.8) is 0 Å². The van der Waals surface area contributed by atoms with Crippen molar-refractivity contribution in [3.05, 3.63) is 29.8 Å². The van der Waals surface area contributed by atoms with E-state index in [0.29, 0.717) is 18.4 Å². The minimum atomic E-state index is -4.61. The first-order valence-electron chi connectivity index (χ1n) is 11.0. The van der Waals surface area contributed by atoms with Crippen LogP contribution in [0.2, 0.25) is 0 Å². The molecular formula is C22H32F3N3O3S. The summed E-state index contributed by atoms with van der Waals surface area (Å²) >= 11 is 0. The van der Waals surface area contributed by atoms with E-state index in [1.54, 1.807) is 19.0 Å². The van der Waals surface area contributed by atoms with Gasteiger partial charge >= 0.3 is 6.18 Å². The molecule has 3 rings (SSSR count). The number of rotatable bonds is 7. The molecule has 4 atom stereocenters. The zero-order valence-electron chi connectivity index (χ0n) is 18.9. The van der Waals surface area contributed by atoms with E-state index in [1.165, 1.54) is 10.4 Å². The number of hydrogen-bond acceptors (Lipinski definition) is 4. The Kier molecular flexibility index (Phi) is 7.26. The summed E-state index contributed by atoms with van der Waals surface area (Å²) in [5.41, 5.74) is -0.982. The SMILES string of the molecule is CN[C@@H](CC(C)C)C(=O)N(C)[C@@H]1CC[C@H]2CN(S(=O)(=O)c3cccc(C(F)(F)F)c3)C[C@H]21. The highest BCUT2D eigenvalue weighted by atomic mass is 32.2. The number of benzene rings is 1. The fourth-order valence-corrected chi connectivity index (χ4v) is 6.66. The van der Waals surface area contributed by atoms with Crippen molar-refractivity contribution in [3.8, 4) is 0 Å². The fourth-order valence-electron chi connectivity index (χ4n) is 5.08. The van der Waals surface area contributed by atoms with Crippen LogP contribution in [0, 0.1) is 17.8 Å². The van der Waals surface area contributed by atoms with E-state index in [9.17, 15) is 26.4 Å². The second kappa shape index (κ2) is 9.30. The molecule has 0 unspecified atom stereocenters. The van der Waals surface area contributed by atoms with E-state index >= 15 is 0 Å². The quantitative estimate of drug-likeness (QED) is 0.658. The van der Waals surface area contributed by atoms with Crippen molar-refractivity contribution in [2.45, 2.75) is 56.3 Å². The van der Waals surface area contributed by atoms with Crippen molar-refractivity contribution in [2.24, 2.45) is 17.8 Å². The number of carbonyl (C=O) groups excluding carboxylic acids is 1. The van der Waals surface area contributed by atoms with Gasteiger partial charge in [-0.3, -0.25) is 4.79 Å². The molecule has 1 heterocycles. The van der Waals surface area contributed by atoms with Crippen LogP contribution in [0.5, 0.6) is 0 Å². The van der Waals surface area contributed by atoms with Gasteiger partial charge in [-0.25, -0.2) is 8.42 Å². The second-order valence-electron chi connectivity index (χ2n) is 9.34. The molecular weight excluding hydrogens is 443 g/mol. The predicted octanol–water partition coefficient (Wildman–Crippen LogP) is 3.20. The summed E-state index contributed by atoms with van der Waals surface area (Å²) in [7, 11) is -0.525. The van der Waals surface area contributed by atoms with Gasteiger partial charge < -0.3 is 10.2 Å². The van der Waals surface area contributed by atoms with Gasteiger partial charge in [0.25, 0.3) is 0 Å². The van der Waals surface area contributed by atoms with Gasteiger partial charge in [0, 0.05) is 26.2 Å². The third-order valence-electron chi connectivity index (χ3n) is 6.78. The van der Waals surface area contributed by atoms with Crippen molar-refractivity contribution < 1.29 is 26.4 Å². The van der Waals surface area contributed by atoms with Gasteiger partial charge in [0.05, 0.1) is 16.5 Å². The Morgan fingerprint density at radius 2 is 1.94 bits per heavy atom. The van der Waals surface area contributed by atoms with Crippen LogP contribution in [-0.4, -0.2) is 62.8 Å². The van der Waals surface area contributed by atoms with E-state index < -0.39 is 21.8 Å². The number of fused-ring (bicyclic) bond motifs is 1. The van der Waals surface area contributed by atoms with Gasteiger partial charge in [0.2, 0.25) is 15.9 Å². The highest BCUT2D eigenvalue weighted by Crippen LogP contribution is 2.42. The molecule has 6 nitrogen and oxygen atoms in total. The lowest BCUT2D eigenvalue weighted by Gasteiger charge is -2.33. The summed E-state index contributed by atoms with van der Waals surface area (Å²) < 4.78 is 66.7. The standard InChI is InChI=1S/C22H32F3N3O3S/c1-14(2)10-19(26-3)21(29)27(4)20-9-8-15-12-28(13-18(15)20)32(30,31)17-7-5-6-16(11-17)22(23,24)25/h5-7,11,14-15,18-20,26H,8-10,12-13H2,1-4H3/t15-,18+,19-,20+/m0/s1. The Balaban J connectivity index is 1.76. The maximum atomic E-state index is 13.1. The van der Waals surface area contributed by atoms with Crippen LogP contribution in [0.3, 0.4) is 0 Å². The maximum absolute atomic E-state index is 13.1. The molecule has 1 aliphatic carbocycles. The Hall–Kier alpha value is -1.65. The summed E-state index contributed by atoms with van der Waals surface area (Å²) in [6, 6.07) is 3.50. The van der Waals surface area contributed by atoms with Crippen molar-refractivity contribution in [1.82, 2.24) is 14.5 Å². The van der Waals surface area contributed by atoms with E-state index in [0.717, 1.165) is 25.0 Å². The summed E-state index contributed by atoms with van der Waals surface area (Å²) in [6.45, 7) is 4.58. The lowest BCUT2D eigenvalue weighted by Crippen LogP contribution is -2.50. The molecule has 32 heavy (non-hydrogen) atoms. The molecule has 2 aliphatic rings. The molecule has 1 aliphatic heterocycles. The zero-order chi connectivity index (χ0) is 23.8. The lowest BCUT2D eigenvalue weighted by atomic mass is 9.96. The van der Waals surface area contributed by atoms with Crippen molar-refractivity contribution >= 4 is 15.9 Å². The Bertz CT molecular complexity index is 936. The Labute approximate surface area is 188 Å². The number of amides is 1. The van der Waals surface area contributed by atoms with Crippen LogP contribution < -0.4 is 5.32 Å². The van der Waals surface area contributed by atoms with Crippen molar-refractivity contribution in [2.75, 3.05) is 27.2 Å². The average molecular weight is 476 g/mol. The maximum Gasteiger partial charge on any atom is 0.416 e. The molecule has 0 aromatic heterocycles. The summed E-state index contributed by atoms with van der Waals surface area (Å²) in [5, 5.41) is 3.08. The van der Waals surface area contributed by atoms with E-state index in [2.05, 4.69) is 19.2 Å². The predicted molar refractivity (Wildman–Crippen MR) is 115 cm³/mol. The van der Waals surface area contributed by atoms with Gasteiger partial charge in [0.1, 0.15) is 0 Å². The molecule has 10 heteroatoms. The van der Waals surface area contributed by atoms with E-state index in [1.807, 2.05) is 0 Å². The molecule has 1 N–H and O–H groups in total. The number of hydrogen-bond donors (Lipinski definition) is 1. The molecule has 2 fully saturated rings. The highest BCUT2D eigenvalue weighted by molar-refractivity contribution is 7.89. The Morgan fingerprint density at radius 3 is 2.53 bits per heavy atom. The van der Waals surface area contributed by atoms with Crippen LogP contribution in [0.25, 0.3) is 0 Å². The molecule has 1 amide bonds. The second-order valence-corrected chi connectivity index (χ2v) is 11.3. The topological polar surface area (TPSA) is 69.7 Å². The highest BCUT2D eigenvalue weighted by Gasteiger charge is 2.48. The largest absolute Gasteiger partial charge is 0.416 e. The summed E-state index contributed by atoms with van der Waals surface area (Å²) in [5.74, 6) is 0.404. The third kappa shape index (κ3) is 4.97. The Morgan fingerprint density at radius 1 is 1.25 bits per heavy atom. The van der Waals surface area contributed by atoms with Crippen LogP contribution in [0.15, 0.2) is 29.2 Å². The number of halogens is 3.